The van der Waals surface area contributed by atoms with Gasteiger partial charge in [-0.2, -0.15) is 0 Å². The van der Waals surface area contributed by atoms with E-state index in [1.165, 1.54) is 0 Å². The molecule has 3 rings (SSSR count). The molecule has 1 aliphatic heterocycles. The summed E-state index contributed by atoms with van der Waals surface area (Å²) in [5.74, 6) is 1.64. The minimum absolute atomic E-state index is 0.0489. The maximum Gasteiger partial charge on any atom is 0.251 e. The lowest BCUT2D eigenvalue weighted by Crippen LogP contribution is -2.37. The van der Waals surface area contributed by atoms with Gasteiger partial charge in [-0.3, -0.25) is 9.59 Å². The molecule has 1 heterocycles. The van der Waals surface area contributed by atoms with Crippen LogP contribution in [0.2, 0.25) is 0 Å². The third kappa shape index (κ3) is 5.03. The summed E-state index contributed by atoms with van der Waals surface area (Å²) >= 11 is 0. The zero-order chi connectivity index (χ0) is 21.5. The molecule has 2 amide bonds. The molecule has 1 saturated heterocycles. The Labute approximate surface area is 176 Å². The average Bonchev–Trinajstić information content (AvgIpc) is 3.13. The fraction of sp³-hybridized carbons (Fsp3) is 0.391. The Morgan fingerprint density at radius 1 is 1.10 bits per heavy atom. The van der Waals surface area contributed by atoms with Crippen molar-refractivity contribution < 1.29 is 23.8 Å². The first-order valence-electron chi connectivity index (χ1n) is 10.1. The maximum absolute atomic E-state index is 12.6. The van der Waals surface area contributed by atoms with Crippen LogP contribution in [0.15, 0.2) is 42.5 Å². The molecule has 0 aliphatic carbocycles. The molecule has 0 saturated carbocycles. The first-order valence-corrected chi connectivity index (χ1v) is 10.1. The van der Waals surface area contributed by atoms with Crippen LogP contribution in [0.1, 0.15) is 36.5 Å². The third-order valence-electron chi connectivity index (χ3n) is 5.02. The van der Waals surface area contributed by atoms with Gasteiger partial charge in [-0.1, -0.05) is 13.3 Å². The largest absolute Gasteiger partial charge is 0.494 e. The van der Waals surface area contributed by atoms with Crippen molar-refractivity contribution in [1.29, 1.82) is 0 Å². The van der Waals surface area contributed by atoms with Crippen LogP contribution in [-0.2, 0) is 4.79 Å². The Morgan fingerprint density at radius 3 is 2.50 bits per heavy atom. The van der Waals surface area contributed by atoms with Gasteiger partial charge in [0.15, 0.2) is 11.5 Å². The molecular weight excluding hydrogens is 384 g/mol. The number of unbranched alkanes of at least 4 members (excludes halogenated alkanes) is 1. The van der Waals surface area contributed by atoms with Gasteiger partial charge in [0.25, 0.3) is 5.91 Å². The highest BCUT2D eigenvalue weighted by atomic mass is 16.5. The number of nitrogens with one attached hydrogen (secondary N) is 1. The molecule has 30 heavy (non-hydrogen) atoms. The number of benzene rings is 2. The van der Waals surface area contributed by atoms with Gasteiger partial charge in [-0.25, -0.2) is 0 Å². The second-order valence-electron chi connectivity index (χ2n) is 7.14. The average molecular weight is 412 g/mol. The van der Waals surface area contributed by atoms with Gasteiger partial charge >= 0.3 is 0 Å². The van der Waals surface area contributed by atoms with Gasteiger partial charge in [0.2, 0.25) is 5.91 Å². The molecule has 0 aromatic heterocycles. The molecule has 160 valence electrons. The van der Waals surface area contributed by atoms with Crippen LogP contribution in [0.3, 0.4) is 0 Å². The van der Waals surface area contributed by atoms with E-state index in [1.54, 1.807) is 61.6 Å². The van der Waals surface area contributed by atoms with Crippen LogP contribution in [-0.4, -0.2) is 45.2 Å². The highest BCUT2D eigenvalue weighted by Crippen LogP contribution is 2.33. The molecule has 7 heteroatoms. The zero-order valence-electron chi connectivity index (χ0n) is 17.6. The van der Waals surface area contributed by atoms with Crippen LogP contribution in [0.5, 0.6) is 17.2 Å². The van der Waals surface area contributed by atoms with Gasteiger partial charge in [-0.15, -0.1) is 0 Å². The fourth-order valence-electron chi connectivity index (χ4n) is 3.35. The number of carbonyl (C=O) groups excluding carboxylic acids is 2. The Balaban J connectivity index is 1.60. The molecule has 7 nitrogen and oxygen atoms in total. The van der Waals surface area contributed by atoms with Crippen molar-refractivity contribution in [3.63, 3.8) is 0 Å². The summed E-state index contributed by atoms with van der Waals surface area (Å²) in [6.45, 7) is 3.17. The lowest BCUT2D eigenvalue weighted by molar-refractivity contribution is -0.117. The molecule has 0 unspecified atom stereocenters. The topological polar surface area (TPSA) is 77.1 Å². The molecule has 0 bridgehead atoms. The first-order chi connectivity index (χ1) is 14.5. The summed E-state index contributed by atoms with van der Waals surface area (Å²) in [5.41, 5.74) is 1.25. The van der Waals surface area contributed by atoms with E-state index < -0.39 is 0 Å². The molecule has 2 aromatic carbocycles. The summed E-state index contributed by atoms with van der Waals surface area (Å²) < 4.78 is 16.2. The molecule has 1 fully saturated rings. The second kappa shape index (κ2) is 10.0. The van der Waals surface area contributed by atoms with Crippen molar-refractivity contribution >= 4 is 17.5 Å². The summed E-state index contributed by atoms with van der Waals surface area (Å²) in [6.07, 6.45) is 2.31. The first kappa shape index (κ1) is 21.5. The van der Waals surface area contributed by atoms with Crippen molar-refractivity contribution in [3.8, 4) is 17.2 Å². The molecular formula is C23H28N2O5. The van der Waals surface area contributed by atoms with E-state index in [0.717, 1.165) is 18.6 Å². The summed E-state index contributed by atoms with van der Waals surface area (Å²) in [4.78, 5) is 26.8. The van der Waals surface area contributed by atoms with Crippen molar-refractivity contribution in [2.45, 2.75) is 32.2 Å². The quantitative estimate of drug-likeness (QED) is 0.639. The highest BCUT2D eigenvalue weighted by molar-refractivity contribution is 5.99. The van der Waals surface area contributed by atoms with E-state index in [9.17, 15) is 9.59 Å². The summed E-state index contributed by atoms with van der Waals surface area (Å²) in [7, 11) is 3.12. The normalized spacial score (nSPS) is 15.8. The van der Waals surface area contributed by atoms with Crippen molar-refractivity contribution in [2.75, 3.05) is 32.3 Å². The number of hydrogen-bond acceptors (Lipinski definition) is 5. The van der Waals surface area contributed by atoms with Gasteiger partial charge in [0.1, 0.15) is 5.75 Å². The number of rotatable bonds is 9. The Hall–Kier alpha value is -3.22. The van der Waals surface area contributed by atoms with Crippen LogP contribution < -0.4 is 24.4 Å². The van der Waals surface area contributed by atoms with Crippen molar-refractivity contribution in [1.82, 2.24) is 5.32 Å². The predicted molar refractivity (Wildman–Crippen MR) is 115 cm³/mol. The van der Waals surface area contributed by atoms with Gasteiger partial charge in [0.05, 0.1) is 26.9 Å². The van der Waals surface area contributed by atoms with Crippen LogP contribution in [0.4, 0.5) is 5.69 Å². The Morgan fingerprint density at radius 2 is 1.83 bits per heavy atom. The van der Waals surface area contributed by atoms with E-state index in [4.69, 9.17) is 14.2 Å². The van der Waals surface area contributed by atoms with E-state index in [0.29, 0.717) is 35.9 Å². The number of ether oxygens (including phenoxy) is 3. The molecule has 2 aromatic rings. The van der Waals surface area contributed by atoms with Crippen LogP contribution in [0.25, 0.3) is 0 Å². The highest BCUT2D eigenvalue weighted by Gasteiger charge is 2.32. The van der Waals surface area contributed by atoms with E-state index in [-0.39, 0.29) is 24.3 Å². The zero-order valence-corrected chi connectivity index (χ0v) is 17.6. The predicted octanol–water partition coefficient (Wildman–Crippen LogP) is 3.42. The lowest BCUT2D eigenvalue weighted by atomic mass is 10.1. The molecule has 1 atom stereocenters. The number of hydrogen-bond donors (Lipinski definition) is 1. The minimum Gasteiger partial charge on any atom is -0.494 e. The van der Waals surface area contributed by atoms with Crippen molar-refractivity contribution in [3.05, 3.63) is 48.0 Å². The van der Waals surface area contributed by atoms with E-state index in [1.807, 2.05) is 0 Å². The summed E-state index contributed by atoms with van der Waals surface area (Å²) in [6, 6.07) is 12.1. The number of anilines is 1. The van der Waals surface area contributed by atoms with Crippen molar-refractivity contribution in [2.24, 2.45) is 0 Å². The van der Waals surface area contributed by atoms with E-state index >= 15 is 0 Å². The number of amides is 2. The smallest absolute Gasteiger partial charge is 0.251 e. The van der Waals surface area contributed by atoms with Gasteiger partial charge < -0.3 is 24.4 Å². The van der Waals surface area contributed by atoms with E-state index in [2.05, 4.69) is 12.2 Å². The number of methoxy groups -OCH3 is 2. The fourth-order valence-corrected chi connectivity index (χ4v) is 3.35. The summed E-state index contributed by atoms with van der Waals surface area (Å²) in [5, 5.41) is 2.95. The minimum atomic E-state index is -0.265. The molecule has 1 aliphatic rings. The molecule has 0 radical (unpaired) electrons. The number of carbonyl (C=O) groups is 2. The Bertz CT molecular complexity index is 882. The van der Waals surface area contributed by atoms with Gasteiger partial charge in [-0.05, 0) is 42.8 Å². The monoisotopic (exact) mass is 412 g/mol. The van der Waals surface area contributed by atoms with Gasteiger partial charge in [0, 0.05) is 30.3 Å². The standard InChI is InChI=1S/C23H28N2O5/c1-4-5-12-30-19-9-6-16(7-10-19)23(27)24-17-13-22(26)25(15-17)18-8-11-20(28-2)21(14-18)29-3/h6-11,14,17H,4-5,12-13,15H2,1-3H3,(H,24,27)/t17-/m0/s1. The number of nitrogens with zero attached hydrogens (tertiary/aromatic N) is 1. The maximum atomic E-state index is 12.6. The van der Waals surface area contributed by atoms with Crippen LogP contribution >= 0.6 is 0 Å². The Kier molecular flexibility index (Phi) is 7.17. The SMILES string of the molecule is CCCCOc1ccc(C(=O)N[C@H]2CC(=O)N(c3ccc(OC)c(OC)c3)C2)cc1. The third-order valence-corrected chi connectivity index (χ3v) is 5.02. The second-order valence-corrected chi connectivity index (χ2v) is 7.14. The van der Waals surface area contributed by atoms with Crippen LogP contribution in [0, 0.1) is 0 Å². The molecule has 1 N–H and O–H groups in total. The lowest BCUT2D eigenvalue weighted by Gasteiger charge is -2.19. The molecule has 0 spiro atoms.